The van der Waals surface area contributed by atoms with Crippen LogP contribution in [0.2, 0.25) is 0 Å². The highest BCUT2D eigenvalue weighted by Gasteiger charge is 2.30. The van der Waals surface area contributed by atoms with Gasteiger partial charge in [0.15, 0.2) is 0 Å². The van der Waals surface area contributed by atoms with Crippen molar-refractivity contribution in [2.45, 2.75) is 26.8 Å². The van der Waals surface area contributed by atoms with Gasteiger partial charge in [0.2, 0.25) is 0 Å². The molecule has 7 heteroatoms. The Bertz CT molecular complexity index is 460. The minimum absolute atomic E-state index is 0.270. The van der Waals surface area contributed by atoms with E-state index in [1.165, 1.54) is 24.3 Å². The number of halogens is 3. The molecule has 118 valence electrons. The van der Waals surface area contributed by atoms with E-state index in [1.807, 2.05) is 11.8 Å². The second-order valence-electron chi connectivity index (χ2n) is 4.76. The Labute approximate surface area is 121 Å². The number of carboxylic acids is 1. The number of ether oxygens (including phenoxy) is 1. The molecule has 0 saturated heterocycles. The van der Waals surface area contributed by atoms with Gasteiger partial charge < -0.3 is 9.84 Å². The van der Waals surface area contributed by atoms with E-state index in [4.69, 9.17) is 5.11 Å². The minimum atomic E-state index is -4.70. The quantitative estimate of drug-likeness (QED) is 0.841. The number of aliphatic carboxylic acids is 1. The molecule has 1 atom stereocenters. The van der Waals surface area contributed by atoms with Crippen molar-refractivity contribution in [1.29, 1.82) is 0 Å². The van der Waals surface area contributed by atoms with Crippen LogP contribution in [0.3, 0.4) is 0 Å². The lowest BCUT2D eigenvalue weighted by atomic mass is 10.1. The van der Waals surface area contributed by atoms with E-state index in [0.717, 1.165) is 5.56 Å². The van der Waals surface area contributed by atoms with Crippen molar-refractivity contribution < 1.29 is 27.8 Å². The molecular formula is C14H18F3NO3. The average molecular weight is 305 g/mol. The maximum Gasteiger partial charge on any atom is 0.573 e. The van der Waals surface area contributed by atoms with Gasteiger partial charge in [0.05, 0.1) is 5.92 Å². The van der Waals surface area contributed by atoms with Gasteiger partial charge in [-0.25, -0.2) is 0 Å². The first-order chi connectivity index (χ1) is 9.71. The number of hydrogen-bond donors (Lipinski definition) is 1. The molecule has 0 bridgehead atoms. The van der Waals surface area contributed by atoms with Gasteiger partial charge >= 0.3 is 12.3 Å². The van der Waals surface area contributed by atoms with Crippen LogP contribution in [0.15, 0.2) is 24.3 Å². The molecule has 0 aromatic heterocycles. The molecule has 0 aliphatic heterocycles. The van der Waals surface area contributed by atoms with E-state index >= 15 is 0 Å². The van der Waals surface area contributed by atoms with Crippen molar-refractivity contribution in [3.05, 3.63) is 29.8 Å². The van der Waals surface area contributed by atoms with Crippen molar-refractivity contribution >= 4 is 5.97 Å². The number of carbonyl (C=O) groups is 1. The zero-order valence-corrected chi connectivity index (χ0v) is 11.9. The SMILES string of the molecule is CCN(Cc1ccc(OC(F)(F)F)cc1)CC(C)C(=O)O. The summed E-state index contributed by atoms with van der Waals surface area (Å²) in [6, 6.07) is 5.57. The lowest BCUT2D eigenvalue weighted by Crippen LogP contribution is -2.31. The third-order valence-electron chi connectivity index (χ3n) is 2.96. The van der Waals surface area contributed by atoms with Crippen LogP contribution in [0.4, 0.5) is 13.2 Å². The van der Waals surface area contributed by atoms with E-state index in [2.05, 4.69) is 4.74 Å². The normalized spacial score (nSPS) is 13.2. The maximum absolute atomic E-state index is 12.0. The van der Waals surface area contributed by atoms with Crippen LogP contribution in [-0.4, -0.2) is 35.4 Å². The fourth-order valence-electron chi connectivity index (χ4n) is 1.83. The van der Waals surface area contributed by atoms with Crippen LogP contribution in [0.5, 0.6) is 5.75 Å². The molecule has 0 saturated carbocycles. The topological polar surface area (TPSA) is 49.8 Å². The van der Waals surface area contributed by atoms with Crippen LogP contribution in [0.25, 0.3) is 0 Å². The highest BCUT2D eigenvalue weighted by atomic mass is 19.4. The third kappa shape index (κ3) is 6.48. The second-order valence-corrected chi connectivity index (χ2v) is 4.76. The molecule has 0 aliphatic rings. The molecule has 1 unspecified atom stereocenters. The highest BCUT2D eigenvalue weighted by Crippen LogP contribution is 2.23. The van der Waals surface area contributed by atoms with Gasteiger partial charge in [0, 0.05) is 13.1 Å². The van der Waals surface area contributed by atoms with Crippen molar-refractivity contribution in [2.75, 3.05) is 13.1 Å². The van der Waals surface area contributed by atoms with Crippen LogP contribution in [0, 0.1) is 5.92 Å². The summed E-state index contributed by atoms with van der Waals surface area (Å²) in [6.45, 7) is 5.02. The number of carboxylic acid groups (broad SMARTS) is 1. The van der Waals surface area contributed by atoms with Gasteiger partial charge in [-0.1, -0.05) is 26.0 Å². The molecule has 0 fully saturated rings. The molecule has 0 spiro atoms. The Morgan fingerprint density at radius 1 is 1.33 bits per heavy atom. The highest BCUT2D eigenvalue weighted by molar-refractivity contribution is 5.69. The zero-order valence-electron chi connectivity index (χ0n) is 11.9. The minimum Gasteiger partial charge on any atom is -0.481 e. The monoisotopic (exact) mass is 305 g/mol. The summed E-state index contributed by atoms with van der Waals surface area (Å²) in [5, 5.41) is 8.89. The van der Waals surface area contributed by atoms with Gasteiger partial charge in [0.1, 0.15) is 5.75 Å². The molecule has 0 radical (unpaired) electrons. The predicted molar refractivity (Wildman–Crippen MR) is 70.9 cm³/mol. The summed E-state index contributed by atoms with van der Waals surface area (Å²) in [7, 11) is 0. The summed E-state index contributed by atoms with van der Waals surface area (Å²) >= 11 is 0. The molecule has 1 aromatic rings. The fourth-order valence-corrected chi connectivity index (χ4v) is 1.83. The molecular weight excluding hydrogens is 287 g/mol. The number of alkyl halides is 3. The molecule has 1 rings (SSSR count). The lowest BCUT2D eigenvalue weighted by Gasteiger charge is -2.22. The van der Waals surface area contributed by atoms with E-state index in [9.17, 15) is 18.0 Å². The summed E-state index contributed by atoms with van der Waals surface area (Å²) in [5.41, 5.74) is 0.795. The Morgan fingerprint density at radius 3 is 2.33 bits per heavy atom. The van der Waals surface area contributed by atoms with Crippen LogP contribution < -0.4 is 4.74 Å². The number of nitrogens with zero attached hydrogens (tertiary/aromatic N) is 1. The summed E-state index contributed by atoms with van der Waals surface area (Å²) < 4.78 is 39.9. The van der Waals surface area contributed by atoms with Gasteiger partial charge in [-0.15, -0.1) is 13.2 Å². The Morgan fingerprint density at radius 2 is 1.90 bits per heavy atom. The molecule has 1 N–H and O–H groups in total. The molecule has 4 nitrogen and oxygen atoms in total. The zero-order chi connectivity index (χ0) is 16.0. The van der Waals surface area contributed by atoms with Crippen LogP contribution in [-0.2, 0) is 11.3 Å². The van der Waals surface area contributed by atoms with Crippen molar-refractivity contribution in [3.8, 4) is 5.75 Å². The molecule has 1 aromatic carbocycles. The van der Waals surface area contributed by atoms with E-state index < -0.39 is 18.2 Å². The molecule has 0 heterocycles. The third-order valence-corrected chi connectivity index (χ3v) is 2.96. The summed E-state index contributed by atoms with van der Waals surface area (Å²) in [6.07, 6.45) is -4.70. The standard InChI is InChI=1S/C14H18F3NO3/c1-3-18(8-10(2)13(19)20)9-11-4-6-12(7-5-11)21-14(15,16)17/h4-7,10H,3,8-9H2,1-2H3,(H,19,20). The molecule has 0 amide bonds. The van der Waals surface area contributed by atoms with Crippen molar-refractivity contribution in [3.63, 3.8) is 0 Å². The van der Waals surface area contributed by atoms with E-state index in [0.29, 0.717) is 19.6 Å². The lowest BCUT2D eigenvalue weighted by molar-refractivity contribution is -0.274. The number of rotatable bonds is 7. The first-order valence-corrected chi connectivity index (χ1v) is 6.51. The smallest absolute Gasteiger partial charge is 0.481 e. The van der Waals surface area contributed by atoms with Gasteiger partial charge in [-0.05, 0) is 24.2 Å². The molecule has 21 heavy (non-hydrogen) atoms. The number of benzene rings is 1. The Balaban J connectivity index is 2.63. The number of hydrogen-bond acceptors (Lipinski definition) is 3. The van der Waals surface area contributed by atoms with Gasteiger partial charge in [0.25, 0.3) is 0 Å². The fraction of sp³-hybridized carbons (Fsp3) is 0.500. The van der Waals surface area contributed by atoms with Crippen molar-refractivity contribution in [2.24, 2.45) is 5.92 Å². The van der Waals surface area contributed by atoms with Crippen LogP contribution in [0.1, 0.15) is 19.4 Å². The first-order valence-electron chi connectivity index (χ1n) is 6.51. The largest absolute Gasteiger partial charge is 0.573 e. The Hall–Kier alpha value is -1.76. The van der Waals surface area contributed by atoms with E-state index in [-0.39, 0.29) is 5.75 Å². The second kappa shape index (κ2) is 7.31. The van der Waals surface area contributed by atoms with Crippen molar-refractivity contribution in [1.82, 2.24) is 4.90 Å². The summed E-state index contributed by atoms with van der Waals surface area (Å²) in [4.78, 5) is 12.7. The predicted octanol–water partition coefficient (Wildman–Crippen LogP) is 3.13. The van der Waals surface area contributed by atoms with Gasteiger partial charge in [-0.3, -0.25) is 9.69 Å². The summed E-state index contributed by atoms with van der Waals surface area (Å²) in [5.74, 6) is -1.65. The maximum atomic E-state index is 12.0. The Kier molecular flexibility index (Phi) is 6.02. The molecule has 0 aliphatic carbocycles. The first kappa shape index (κ1) is 17.3. The van der Waals surface area contributed by atoms with E-state index in [1.54, 1.807) is 6.92 Å². The van der Waals surface area contributed by atoms with Crippen LogP contribution >= 0.6 is 0 Å². The van der Waals surface area contributed by atoms with Gasteiger partial charge in [-0.2, -0.15) is 0 Å². The average Bonchev–Trinajstić information content (AvgIpc) is 2.38.